The first-order valence-electron chi connectivity index (χ1n) is 8.56. The lowest BCUT2D eigenvalue weighted by molar-refractivity contribution is -0.118. The molecule has 3 heterocycles. The molecule has 0 saturated carbocycles. The predicted octanol–water partition coefficient (Wildman–Crippen LogP) is 3.52. The minimum atomic E-state index is -0.407. The van der Waals surface area contributed by atoms with Crippen molar-refractivity contribution in [2.24, 2.45) is 5.73 Å². The van der Waals surface area contributed by atoms with Gasteiger partial charge in [-0.3, -0.25) is 9.36 Å². The van der Waals surface area contributed by atoms with E-state index in [1.807, 2.05) is 24.3 Å². The van der Waals surface area contributed by atoms with Crippen molar-refractivity contribution in [2.45, 2.75) is 23.9 Å². The summed E-state index contributed by atoms with van der Waals surface area (Å²) in [5.41, 5.74) is 6.13. The molecule has 11 heteroatoms. The molecule has 4 aromatic rings. The first-order valence-corrected chi connectivity index (χ1v) is 10.3. The third kappa shape index (κ3) is 4.57. The van der Waals surface area contributed by atoms with E-state index in [1.54, 1.807) is 23.0 Å². The van der Waals surface area contributed by atoms with Gasteiger partial charge >= 0.3 is 0 Å². The van der Waals surface area contributed by atoms with Crippen LogP contribution >= 0.6 is 27.7 Å². The molecule has 0 aliphatic rings. The maximum atomic E-state index is 11.2. The van der Waals surface area contributed by atoms with Gasteiger partial charge in [0.05, 0.1) is 12.0 Å². The molecule has 9 nitrogen and oxygen atoms in total. The predicted molar refractivity (Wildman–Crippen MR) is 109 cm³/mol. The Labute approximate surface area is 177 Å². The summed E-state index contributed by atoms with van der Waals surface area (Å²) in [7, 11) is 0. The quantitative estimate of drug-likeness (QED) is 0.384. The van der Waals surface area contributed by atoms with Gasteiger partial charge in [0.15, 0.2) is 16.7 Å². The van der Waals surface area contributed by atoms with Gasteiger partial charge in [-0.2, -0.15) is 0 Å². The molecule has 0 saturated heterocycles. The van der Waals surface area contributed by atoms with Crippen molar-refractivity contribution in [3.05, 3.63) is 53.0 Å². The number of nitrogens with zero attached hydrogens (tertiary/aromatic N) is 5. The van der Waals surface area contributed by atoms with Gasteiger partial charge in [0.25, 0.3) is 0 Å². The van der Waals surface area contributed by atoms with Crippen molar-refractivity contribution in [2.75, 3.05) is 0 Å². The number of furan rings is 1. The summed E-state index contributed by atoms with van der Waals surface area (Å²) >= 11 is 4.80. The summed E-state index contributed by atoms with van der Waals surface area (Å²) in [6.45, 7) is 0.341. The van der Waals surface area contributed by atoms with Crippen LogP contribution in [0.4, 0.5) is 0 Å². The molecule has 0 unspecified atom stereocenters. The van der Waals surface area contributed by atoms with E-state index < -0.39 is 5.91 Å². The fourth-order valence-corrected chi connectivity index (χ4v) is 3.78. The van der Waals surface area contributed by atoms with Crippen LogP contribution in [0, 0.1) is 0 Å². The second-order valence-corrected chi connectivity index (χ2v) is 7.81. The van der Waals surface area contributed by atoms with Crippen molar-refractivity contribution in [3.63, 3.8) is 0 Å². The smallest absolute Gasteiger partial charge is 0.247 e. The van der Waals surface area contributed by atoms with E-state index >= 15 is 0 Å². The molecule has 0 fully saturated rings. The fourth-order valence-electron chi connectivity index (χ4n) is 2.58. The summed E-state index contributed by atoms with van der Waals surface area (Å²) in [6.07, 6.45) is 1.71. The number of rotatable bonds is 8. The van der Waals surface area contributed by atoms with E-state index in [0.717, 1.165) is 10.0 Å². The van der Waals surface area contributed by atoms with Gasteiger partial charge in [-0.15, -0.1) is 20.4 Å². The fraction of sp³-hybridized carbons (Fsp3) is 0.167. The maximum Gasteiger partial charge on any atom is 0.247 e. The molecule has 1 amide bonds. The lowest BCUT2D eigenvalue weighted by atomic mass is 10.2. The first-order chi connectivity index (χ1) is 14.1. The van der Waals surface area contributed by atoms with Crippen LogP contribution in [0.2, 0.25) is 0 Å². The standard InChI is InChI=1S/C18H15BrN6O3S/c19-12-4-1-3-11(9-12)17-23-21-15(28-17)10-29-18-24-22-16(13-5-2-8-27-13)25(18)7-6-14(20)26/h1-5,8-9H,6-7,10H2,(H2,20,26). The largest absolute Gasteiger partial charge is 0.461 e. The van der Waals surface area contributed by atoms with Crippen molar-refractivity contribution >= 4 is 33.6 Å². The lowest BCUT2D eigenvalue weighted by Crippen LogP contribution is -2.15. The van der Waals surface area contributed by atoms with Gasteiger partial charge in [-0.25, -0.2) is 0 Å². The van der Waals surface area contributed by atoms with Crippen molar-refractivity contribution in [1.82, 2.24) is 25.0 Å². The Bertz CT molecular complexity index is 1120. The molecular formula is C18H15BrN6O3S. The van der Waals surface area contributed by atoms with Crippen molar-refractivity contribution in [1.29, 1.82) is 0 Å². The van der Waals surface area contributed by atoms with E-state index in [0.29, 0.717) is 40.8 Å². The highest BCUT2D eigenvalue weighted by molar-refractivity contribution is 9.10. The molecule has 2 N–H and O–H groups in total. The number of carbonyl (C=O) groups is 1. The molecular weight excluding hydrogens is 460 g/mol. The molecule has 3 aromatic heterocycles. The summed E-state index contributed by atoms with van der Waals surface area (Å²) in [5.74, 6) is 1.97. The summed E-state index contributed by atoms with van der Waals surface area (Å²) in [5, 5.41) is 17.2. The van der Waals surface area contributed by atoms with Gasteiger partial charge in [0.1, 0.15) is 0 Å². The molecule has 148 valence electrons. The van der Waals surface area contributed by atoms with Crippen LogP contribution in [0.25, 0.3) is 23.0 Å². The minimum Gasteiger partial charge on any atom is -0.461 e. The molecule has 0 spiro atoms. The zero-order valence-corrected chi connectivity index (χ0v) is 17.4. The first kappa shape index (κ1) is 19.4. The van der Waals surface area contributed by atoms with Crippen LogP contribution < -0.4 is 5.73 Å². The summed E-state index contributed by atoms with van der Waals surface area (Å²) in [6, 6.07) is 11.2. The Hall–Kier alpha value is -2.92. The normalized spacial score (nSPS) is 11.1. The van der Waals surface area contributed by atoms with E-state index in [-0.39, 0.29) is 6.42 Å². The average Bonchev–Trinajstić information content (AvgIpc) is 3.44. The van der Waals surface area contributed by atoms with Crippen LogP contribution in [-0.2, 0) is 17.1 Å². The highest BCUT2D eigenvalue weighted by Gasteiger charge is 2.18. The maximum absolute atomic E-state index is 11.2. The zero-order chi connectivity index (χ0) is 20.2. The molecule has 0 atom stereocenters. The van der Waals surface area contributed by atoms with Gasteiger partial charge in [0.2, 0.25) is 17.7 Å². The number of benzene rings is 1. The molecule has 1 aromatic carbocycles. The summed E-state index contributed by atoms with van der Waals surface area (Å²) < 4.78 is 13.9. The Morgan fingerprint density at radius 1 is 1.17 bits per heavy atom. The van der Waals surface area contributed by atoms with E-state index in [1.165, 1.54) is 11.8 Å². The van der Waals surface area contributed by atoms with Crippen LogP contribution in [0.15, 0.2) is 61.1 Å². The van der Waals surface area contributed by atoms with E-state index in [2.05, 4.69) is 36.3 Å². The van der Waals surface area contributed by atoms with E-state index in [4.69, 9.17) is 14.6 Å². The van der Waals surface area contributed by atoms with Crippen LogP contribution in [0.3, 0.4) is 0 Å². The second-order valence-electron chi connectivity index (χ2n) is 5.95. The number of nitrogens with two attached hydrogens (primary N) is 1. The number of halogens is 1. The number of hydrogen-bond donors (Lipinski definition) is 1. The zero-order valence-electron chi connectivity index (χ0n) is 15.0. The Kier molecular flexibility index (Phi) is 5.76. The summed E-state index contributed by atoms with van der Waals surface area (Å²) in [4.78, 5) is 11.2. The average molecular weight is 475 g/mol. The minimum absolute atomic E-state index is 0.160. The molecule has 29 heavy (non-hydrogen) atoms. The highest BCUT2D eigenvalue weighted by Crippen LogP contribution is 2.28. The second kappa shape index (κ2) is 8.62. The highest BCUT2D eigenvalue weighted by atomic mass is 79.9. The Balaban J connectivity index is 1.52. The molecule has 4 rings (SSSR count). The molecule has 0 radical (unpaired) electrons. The molecule has 0 bridgehead atoms. The molecule has 0 aliphatic carbocycles. The van der Waals surface area contributed by atoms with Crippen LogP contribution in [0.5, 0.6) is 0 Å². The van der Waals surface area contributed by atoms with Gasteiger partial charge < -0.3 is 14.6 Å². The lowest BCUT2D eigenvalue weighted by Gasteiger charge is -2.07. The van der Waals surface area contributed by atoms with Gasteiger partial charge in [-0.1, -0.05) is 33.8 Å². The number of aromatic nitrogens is 5. The number of amides is 1. The number of carbonyl (C=O) groups excluding carboxylic acids is 1. The monoisotopic (exact) mass is 474 g/mol. The van der Waals surface area contributed by atoms with Crippen molar-refractivity contribution in [3.8, 4) is 23.0 Å². The third-order valence-corrected chi connectivity index (χ3v) is 5.35. The van der Waals surface area contributed by atoms with E-state index in [9.17, 15) is 4.79 Å². The van der Waals surface area contributed by atoms with Crippen LogP contribution in [-0.4, -0.2) is 30.9 Å². The molecule has 0 aliphatic heterocycles. The topological polar surface area (TPSA) is 126 Å². The van der Waals surface area contributed by atoms with Gasteiger partial charge in [-0.05, 0) is 30.3 Å². The van der Waals surface area contributed by atoms with Crippen LogP contribution in [0.1, 0.15) is 12.3 Å². The Morgan fingerprint density at radius 2 is 2.07 bits per heavy atom. The third-order valence-electron chi connectivity index (χ3n) is 3.90. The van der Waals surface area contributed by atoms with Crippen molar-refractivity contribution < 1.29 is 13.6 Å². The number of hydrogen-bond acceptors (Lipinski definition) is 8. The number of primary amides is 1. The Morgan fingerprint density at radius 3 is 2.83 bits per heavy atom. The number of thioether (sulfide) groups is 1. The van der Waals surface area contributed by atoms with Gasteiger partial charge in [0, 0.05) is 23.0 Å². The SMILES string of the molecule is NC(=O)CCn1c(SCc2nnc(-c3cccc(Br)c3)o2)nnc1-c1ccco1.